The SMILES string of the molecule is Nc1c(Cl)c(F)nc(OCC(=O)OCC2OCCO2)c1Cl. The molecular formula is C11H11Cl2FN2O5. The summed E-state index contributed by atoms with van der Waals surface area (Å²) in [6.07, 6.45) is -0.584. The van der Waals surface area contributed by atoms with E-state index in [0.717, 1.165) is 0 Å². The molecule has 1 aliphatic heterocycles. The number of hydrogen-bond acceptors (Lipinski definition) is 7. The van der Waals surface area contributed by atoms with Crippen LogP contribution in [0, 0.1) is 5.95 Å². The van der Waals surface area contributed by atoms with Gasteiger partial charge in [0.2, 0.25) is 11.8 Å². The lowest BCUT2D eigenvalue weighted by Gasteiger charge is -2.11. The van der Waals surface area contributed by atoms with Crippen molar-refractivity contribution in [1.29, 1.82) is 0 Å². The molecule has 0 unspecified atom stereocenters. The van der Waals surface area contributed by atoms with E-state index in [9.17, 15) is 9.18 Å². The molecule has 7 nitrogen and oxygen atoms in total. The summed E-state index contributed by atoms with van der Waals surface area (Å²) in [6, 6.07) is 0. The van der Waals surface area contributed by atoms with Crippen molar-refractivity contribution in [2.24, 2.45) is 0 Å². The maximum Gasteiger partial charge on any atom is 0.344 e. The van der Waals surface area contributed by atoms with E-state index in [0.29, 0.717) is 13.2 Å². The predicted molar refractivity (Wildman–Crippen MR) is 70.8 cm³/mol. The zero-order valence-corrected chi connectivity index (χ0v) is 12.1. The Labute approximate surface area is 129 Å². The topological polar surface area (TPSA) is 92.9 Å². The van der Waals surface area contributed by atoms with Gasteiger partial charge >= 0.3 is 5.97 Å². The van der Waals surface area contributed by atoms with E-state index in [1.807, 2.05) is 0 Å². The Kier molecular flexibility index (Phi) is 5.40. The number of anilines is 1. The molecule has 1 aromatic heterocycles. The maximum atomic E-state index is 13.3. The van der Waals surface area contributed by atoms with Gasteiger partial charge in [-0.2, -0.15) is 9.37 Å². The van der Waals surface area contributed by atoms with Gasteiger partial charge in [-0.15, -0.1) is 0 Å². The molecule has 2 heterocycles. The number of esters is 1. The summed E-state index contributed by atoms with van der Waals surface area (Å²) in [7, 11) is 0. The minimum absolute atomic E-state index is 0.0690. The number of aromatic nitrogens is 1. The molecule has 0 saturated carbocycles. The molecule has 0 aromatic carbocycles. The Morgan fingerprint density at radius 2 is 2.05 bits per heavy atom. The van der Waals surface area contributed by atoms with Gasteiger partial charge in [0.05, 0.1) is 18.9 Å². The van der Waals surface area contributed by atoms with Gasteiger partial charge in [-0.25, -0.2) is 4.79 Å². The number of rotatable bonds is 5. The number of nitrogens with zero attached hydrogens (tertiary/aromatic N) is 1. The first-order chi connectivity index (χ1) is 9.99. The van der Waals surface area contributed by atoms with Crippen LogP contribution < -0.4 is 10.5 Å². The second-order valence-corrected chi connectivity index (χ2v) is 4.65. The molecule has 0 atom stereocenters. The zero-order valence-electron chi connectivity index (χ0n) is 10.6. The number of ether oxygens (including phenoxy) is 4. The van der Waals surface area contributed by atoms with Gasteiger partial charge in [0.1, 0.15) is 16.7 Å². The molecule has 10 heteroatoms. The highest BCUT2D eigenvalue weighted by Crippen LogP contribution is 2.35. The average molecular weight is 341 g/mol. The first-order valence-electron chi connectivity index (χ1n) is 5.80. The third-order valence-electron chi connectivity index (χ3n) is 2.44. The third-order valence-corrected chi connectivity index (χ3v) is 3.16. The molecule has 116 valence electrons. The van der Waals surface area contributed by atoms with Crippen molar-refractivity contribution < 1.29 is 28.1 Å². The van der Waals surface area contributed by atoms with Crippen LogP contribution in [-0.2, 0) is 19.0 Å². The quantitative estimate of drug-likeness (QED) is 0.639. The Hall–Kier alpha value is -1.35. The lowest BCUT2D eigenvalue weighted by Crippen LogP contribution is -2.23. The number of pyridine rings is 1. The van der Waals surface area contributed by atoms with Crippen molar-refractivity contribution >= 4 is 34.9 Å². The molecule has 0 aliphatic carbocycles. The van der Waals surface area contributed by atoms with Gasteiger partial charge < -0.3 is 24.7 Å². The molecule has 1 saturated heterocycles. The highest BCUT2D eigenvalue weighted by molar-refractivity contribution is 6.39. The standard InChI is InChI=1S/C11H11Cl2FN2O5/c12-7-9(15)8(13)11(16-10(7)14)21-3-5(17)20-4-6-18-1-2-19-6/h6H,1-4H2,(H2,15,16). The molecular weight excluding hydrogens is 330 g/mol. The maximum absolute atomic E-state index is 13.3. The molecule has 0 spiro atoms. The normalized spacial score (nSPS) is 15.2. The minimum Gasteiger partial charge on any atom is -0.464 e. The van der Waals surface area contributed by atoms with Crippen molar-refractivity contribution in [3.05, 3.63) is 16.0 Å². The lowest BCUT2D eigenvalue weighted by molar-refractivity contribution is -0.158. The van der Waals surface area contributed by atoms with Gasteiger partial charge in [-0.1, -0.05) is 23.2 Å². The van der Waals surface area contributed by atoms with Gasteiger partial charge in [-0.05, 0) is 0 Å². The fourth-order valence-electron chi connectivity index (χ4n) is 1.44. The first kappa shape index (κ1) is 16.0. The van der Waals surface area contributed by atoms with E-state index < -0.39 is 29.8 Å². The van der Waals surface area contributed by atoms with Crippen LogP contribution in [0.3, 0.4) is 0 Å². The van der Waals surface area contributed by atoms with Crippen LogP contribution >= 0.6 is 23.2 Å². The van der Waals surface area contributed by atoms with E-state index in [1.165, 1.54) is 0 Å². The summed E-state index contributed by atoms with van der Waals surface area (Å²) in [5.74, 6) is -2.11. The fraction of sp³-hybridized carbons (Fsp3) is 0.455. The Morgan fingerprint density at radius 1 is 1.38 bits per heavy atom. The number of carbonyl (C=O) groups is 1. The van der Waals surface area contributed by atoms with Crippen molar-refractivity contribution in [3.8, 4) is 5.88 Å². The summed E-state index contributed by atoms with van der Waals surface area (Å²) in [4.78, 5) is 14.8. The molecule has 0 amide bonds. The molecule has 21 heavy (non-hydrogen) atoms. The molecule has 2 N–H and O–H groups in total. The van der Waals surface area contributed by atoms with Gasteiger partial charge in [0.15, 0.2) is 12.9 Å². The predicted octanol–water partition coefficient (Wildman–Crippen LogP) is 1.40. The highest BCUT2D eigenvalue weighted by Gasteiger charge is 2.20. The number of nitrogen functional groups attached to an aromatic ring is 1. The van der Waals surface area contributed by atoms with Crippen LogP contribution in [0.4, 0.5) is 10.1 Å². The summed E-state index contributed by atoms with van der Waals surface area (Å²) in [6.45, 7) is 0.295. The van der Waals surface area contributed by atoms with Gasteiger partial charge in [0.25, 0.3) is 0 Å². The van der Waals surface area contributed by atoms with Crippen LogP contribution in [-0.4, -0.2) is 43.7 Å². The summed E-state index contributed by atoms with van der Waals surface area (Å²) < 4.78 is 33.2. The number of nitrogens with two attached hydrogens (primary N) is 1. The first-order valence-corrected chi connectivity index (χ1v) is 6.56. The van der Waals surface area contributed by atoms with Crippen LogP contribution in [0.25, 0.3) is 0 Å². The molecule has 0 bridgehead atoms. The van der Waals surface area contributed by atoms with E-state index in [2.05, 4.69) is 4.98 Å². The van der Waals surface area contributed by atoms with Crippen molar-refractivity contribution in [2.45, 2.75) is 6.29 Å². The number of halogens is 3. The summed E-state index contributed by atoms with van der Waals surface area (Å²) >= 11 is 11.3. The highest BCUT2D eigenvalue weighted by atomic mass is 35.5. The fourth-order valence-corrected chi connectivity index (χ4v) is 1.82. The largest absolute Gasteiger partial charge is 0.464 e. The van der Waals surface area contributed by atoms with E-state index >= 15 is 0 Å². The molecule has 2 rings (SSSR count). The summed E-state index contributed by atoms with van der Waals surface area (Å²) in [5.41, 5.74) is 5.24. The molecule has 0 radical (unpaired) electrons. The molecule has 1 aliphatic rings. The molecule has 1 fully saturated rings. The third kappa shape index (κ3) is 4.07. The second-order valence-electron chi connectivity index (χ2n) is 3.89. The zero-order chi connectivity index (χ0) is 15.4. The smallest absolute Gasteiger partial charge is 0.344 e. The van der Waals surface area contributed by atoms with Crippen molar-refractivity contribution in [2.75, 3.05) is 32.2 Å². The van der Waals surface area contributed by atoms with Crippen molar-refractivity contribution in [3.63, 3.8) is 0 Å². The van der Waals surface area contributed by atoms with E-state index in [1.54, 1.807) is 0 Å². The Bertz CT molecular complexity index is 540. The monoisotopic (exact) mass is 340 g/mol. The van der Waals surface area contributed by atoms with Crippen LogP contribution in [0.5, 0.6) is 5.88 Å². The van der Waals surface area contributed by atoms with E-state index in [4.69, 9.17) is 47.9 Å². The minimum atomic E-state index is -1.05. The summed E-state index contributed by atoms with van der Waals surface area (Å²) in [5, 5.41) is -0.595. The Balaban J connectivity index is 1.86. The number of carbonyl (C=O) groups excluding carboxylic acids is 1. The molecule has 1 aromatic rings. The van der Waals surface area contributed by atoms with Gasteiger partial charge in [-0.3, -0.25) is 0 Å². The van der Waals surface area contributed by atoms with Crippen LogP contribution in [0.1, 0.15) is 0 Å². The van der Waals surface area contributed by atoms with Crippen molar-refractivity contribution in [1.82, 2.24) is 4.98 Å². The Morgan fingerprint density at radius 3 is 2.71 bits per heavy atom. The van der Waals surface area contributed by atoms with Crippen LogP contribution in [0.2, 0.25) is 10.0 Å². The number of hydrogen-bond donors (Lipinski definition) is 1. The van der Waals surface area contributed by atoms with Gasteiger partial charge in [0, 0.05) is 0 Å². The second kappa shape index (κ2) is 7.08. The lowest BCUT2D eigenvalue weighted by atomic mass is 10.4. The van der Waals surface area contributed by atoms with Crippen LogP contribution in [0.15, 0.2) is 0 Å². The average Bonchev–Trinajstić information content (AvgIpc) is 2.98. The van der Waals surface area contributed by atoms with E-state index in [-0.39, 0.29) is 23.2 Å².